The van der Waals surface area contributed by atoms with E-state index in [1.807, 2.05) is 30.3 Å². The molecule has 0 aliphatic carbocycles. The van der Waals surface area contributed by atoms with E-state index in [0.717, 1.165) is 5.69 Å². The molecule has 0 radical (unpaired) electrons. The summed E-state index contributed by atoms with van der Waals surface area (Å²) in [6, 6.07) is 9.14. The molecule has 1 aromatic rings. The third-order valence-corrected chi connectivity index (χ3v) is 2.79. The third kappa shape index (κ3) is 2.62. The molecule has 0 bridgehead atoms. The van der Waals surface area contributed by atoms with E-state index in [4.69, 9.17) is 5.11 Å². The van der Waals surface area contributed by atoms with Gasteiger partial charge in [-0.2, -0.15) is 0 Å². The summed E-state index contributed by atoms with van der Waals surface area (Å²) in [7, 11) is 0. The summed E-state index contributed by atoms with van der Waals surface area (Å²) in [5.41, 5.74) is 0.743. The smallest absolute Gasteiger partial charge is 0.309 e. The van der Waals surface area contributed by atoms with Crippen molar-refractivity contribution in [3.05, 3.63) is 30.3 Å². The summed E-state index contributed by atoms with van der Waals surface area (Å²) in [6.07, 6.45) is 0. The van der Waals surface area contributed by atoms with Crippen molar-refractivity contribution in [2.75, 3.05) is 24.5 Å². The van der Waals surface area contributed by atoms with E-state index in [9.17, 15) is 9.59 Å². The van der Waals surface area contributed by atoms with Gasteiger partial charge >= 0.3 is 5.97 Å². The Morgan fingerprint density at radius 1 is 1.35 bits per heavy atom. The second kappa shape index (κ2) is 4.97. The molecule has 1 unspecified atom stereocenters. The van der Waals surface area contributed by atoms with Gasteiger partial charge < -0.3 is 15.3 Å². The number of para-hydroxylation sites is 1. The van der Waals surface area contributed by atoms with Crippen LogP contribution in [0.1, 0.15) is 0 Å². The van der Waals surface area contributed by atoms with Crippen LogP contribution in [-0.4, -0.2) is 36.6 Å². The number of aliphatic carboxylic acids is 1. The molecule has 1 aromatic carbocycles. The monoisotopic (exact) mass is 234 g/mol. The molecule has 1 aliphatic heterocycles. The Labute approximate surface area is 99.0 Å². The summed E-state index contributed by atoms with van der Waals surface area (Å²) < 4.78 is 0. The van der Waals surface area contributed by atoms with Crippen molar-refractivity contribution >= 4 is 17.6 Å². The fourth-order valence-electron chi connectivity index (χ4n) is 1.86. The van der Waals surface area contributed by atoms with Gasteiger partial charge in [0.2, 0.25) is 5.91 Å². The number of benzene rings is 1. The first kappa shape index (κ1) is 11.6. The molecule has 2 N–H and O–H groups in total. The van der Waals surface area contributed by atoms with Crippen LogP contribution < -0.4 is 10.2 Å². The minimum atomic E-state index is -0.881. The highest BCUT2D eigenvalue weighted by molar-refractivity contribution is 5.95. The van der Waals surface area contributed by atoms with Crippen molar-refractivity contribution in [1.29, 1.82) is 0 Å². The van der Waals surface area contributed by atoms with Crippen molar-refractivity contribution in [2.24, 2.45) is 5.92 Å². The predicted molar refractivity (Wildman–Crippen MR) is 62.8 cm³/mol. The molecular formula is C12H14N2O3. The van der Waals surface area contributed by atoms with Gasteiger partial charge in [-0.1, -0.05) is 18.2 Å². The van der Waals surface area contributed by atoms with Crippen LogP contribution in [0.2, 0.25) is 0 Å². The lowest BCUT2D eigenvalue weighted by molar-refractivity contribution is -0.141. The Kier molecular flexibility index (Phi) is 3.39. The van der Waals surface area contributed by atoms with Gasteiger partial charge in [0.25, 0.3) is 0 Å². The van der Waals surface area contributed by atoms with Crippen molar-refractivity contribution in [3.63, 3.8) is 0 Å². The minimum absolute atomic E-state index is 0.0973. The van der Waals surface area contributed by atoms with Gasteiger partial charge in [-0.3, -0.25) is 9.59 Å². The van der Waals surface area contributed by atoms with Crippen molar-refractivity contribution in [1.82, 2.24) is 5.32 Å². The van der Waals surface area contributed by atoms with E-state index in [2.05, 4.69) is 5.32 Å². The standard InChI is InChI=1S/C12H14N2O3/c15-11-7-13-6-9(12(16)17)8-14(11)10-4-2-1-3-5-10/h1-5,9,13H,6-8H2,(H,16,17). The normalized spacial score (nSPS) is 21.1. The summed E-state index contributed by atoms with van der Waals surface area (Å²) >= 11 is 0. The van der Waals surface area contributed by atoms with Crippen LogP contribution in [0.4, 0.5) is 5.69 Å². The average molecular weight is 234 g/mol. The molecule has 1 aliphatic rings. The minimum Gasteiger partial charge on any atom is -0.481 e. The molecule has 2 rings (SSSR count). The Morgan fingerprint density at radius 3 is 2.71 bits per heavy atom. The number of nitrogens with one attached hydrogen (secondary N) is 1. The van der Waals surface area contributed by atoms with Crippen molar-refractivity contribution in [3.8, 4) is 0 Å². The zero-order valence-electron chi connectivity index (χ0n) is 9.30. The topological polar surface area (TPSA) is 69.6 Å². The highest BCUT2D eigenvalue weighted by Crippen LogP contribution is 2.16. The van der Waals surface area contributed by atoms with Crippen LogP contribution in [0.15, 0.2) is 30.3 Å². The van der Waals surface area contributed by atoms with E-state index in [1.165, 1.54) is 4.90 Å². The van der Waals surface area contributed by atoms with Crippen LogP contribution in [-0.2, 0) is 9.59 Å². The van der Waals surface area contributed by atoms with E-state index >= 15 is 0 Å². The van der Waals surface area contributed by atoms with Crippen molar-refractivity contribution < 1.29 is 14.7 Å². The number of carboxylic acids is 1. The molecule has 0 saturated carbocycles. The molecule has 90 valence electrons. The van der Waals surface area contributed by atoms with E-state index in [-0.39, 0.29) is 19.0 Å². The molecule has 1 amide bonds. The van der Waals surface area contributed by atoms with E-state index < -0.39 is 11.9 Å². The summed E-state index contributed by atoms with van der Waals surface area (Å²) in [5.74, 6) is -1.55. The molecule has 5 heteroatoms. The molecule has 5 nitrogen and oxygen atoms in total. The summed E-state index contributed by atoms with van der Waals surface area (Å²) in [6.45, 7) is 0.717. The average Bonchev–Trinajstić information content (AvgIpc) is 2.52. The fourth-order valence-corrected chi connectivity index (χ4v) is 1.86. The molecule has 1 atom stereocenters. The lowest BCUT2D eigenvalue weighted by Crippen LogP contribution is -2.37. The first-order valence-corrected chi connectivity index (χ1v) is 5.47. The van der Waals surface area contributed by atoms with Gasteiger partial charge in [-0.05, 0) is 12.1 Å². The van der Waals surface area contributed by atoms with Gasteiger partial charge in [0, 0.05) is 18.8 Å². The van der Waals surface area contributed by atoms with Gasteiger partial charge in [-0.25, -0.2) is 0 Å². The second-order valence-electron chi connectivity index (χ2n) is 4.01. The maximum atomic E-state index is 11.9. The van der Waals surface area contributed by atoms with E-state index in [1.54, 1.807) is 0 Å². The quantitative estimate of drug-likeness (QED) is 0.773. The lowest BCUT2D eigenvalue weighted by Gasteiger charge is -2.22. The van der Waals surface area contributed by atoms with Crippen LogP contribution in [0, 0.1) is 5.92 Å². The van der Waals surface area contributed by atoms with Crippen LogP contribution in [0.5, 0.6) is 0 Å². The number of carbonyl (C=O) groups excluding carboxylic acids is 1. The molecule has 17 heavy (non-hydrogen) atoms. The zero-order chi connectivity index (χ0) is 12.3. The molecule has 0 aromatic heterocycles. The fraction of sp³-hybridized carbons (Fsp3) is 0.333. The van der Waals surface area contributed by atoms with Crippen molar-refractivity contribution in [2.45, 2.75) is 0 Å². The Bertz CT molecular complexity index is 419. The second-order valence-corrected chi connectivity index (χ2v) is 4.01. The summed E-state index contributed by atoms with van der Waals surface area (Å²) in [4.78, 5) is 24.4. The number of carboxylic acid groups (broad SMARTS) is 1. The van der Waals surface area contributed by atoms with Crippen LogP contribution >= 0.6 is 0 Å². The molecule has 1 fully saturated rings. The van der Waals surface area contributed by atoms with E-state index in [0.29, 0.717) is 6.54 Å². The number of hydrogen-bond donors (Lipinski definition) is 2. The molecule has 0 spiro atoms. The number of carbonyl (C=O) groups is 2. The number of nitrogens with zero attached hydrogens (tertiary/aromatic N) is 1. The Morgan fingerprint density at radius 2 is 2.06 bits per heavy atom. The maximum absolute atomic E-state index is 11.9. The first-order chi connectivity index (χ1) is 8.18. The SMILES string of the molecule is O=C(O)C1CNCC(=O)N(c2ccccc2)C1. The number of rotatable bonds is 2. The predicted octanol–water partition coefficient (Wildman–Crippen LogP) is 0.324. The Balaban J connectivity index is 2.23. The Hall–Kier alpha value is -1.88. The highest BCUT2D eigenvalue weighted by atomic mass is 16.4. The molecule has 1 heterocycles. The zero-order valence-corrected chi connectivity index (χ0v) is 9.30. The highest BCUT2D eigenvalue weighted by Gasteiger charge is 2.28. The molecule has 1 saturated heterocycles. The van der Waals surface area contributed by atoms with Gasteiger partial charge in [0.15, 0.2) is 0 Å². The van der Waals surface area contributed by atoms with Crippen LogP contribution in [0.3, 0.4) is 0 Å². The third-order valence-electron chi connectivity index (χ3n) is 2.79. The van der Waals surface area contributed by atoms with Gasteiger partial charge in [0.05, 0.1) is 12.5 Å². The number of amides is 1. The van der Waals surface area contributed by atoms with Gasteiger partial charge in [-0.15, -0.1) is 0 Å². The maximum Gasteiger partial charge on any atom is 0.309 e. The lowest BCUT2D eigenvalue weighted by atomic mass is 10.1. The van der Waals surface area contributed by atoms with Gasteiger partial charge in [0.1, 0.15) is 0 Å². The largest absolute Gasteiger partial charge is 0.481 e. The first-order valence-electron chi connectivity index (χ1n) is 5.47. The van der Waals surface area contributed by atoms with Crippen LogP contribution in [0.25, 0.3) is 0 Å². The summed E-state index contributed by atoms with van der Waals surface area (Å²) in [5, 5.41) is 11.9. The molecular weight excluding hydrogens is 220 g/mol. The number of hydrogen-bond acceptors (Lipinski definition) is 3. The number of anilines is 1.